The number of carbonyl (C=O) groups is 1. The first-order valence-corrected chi connectivity index (χ1v) is 5.64. The van der Waals surface area contributed by atoms with Crippen molar-refractivity contribution < 1.29 is 18.7 Å². The monoisotopic (exact) mass is 310 g/mol. The normalized spacial score (nSPS) is 10.0. The summed E-state index contributed by atoms with van der Waals surface area (Å²) in [5.74, 6) is -0.772. The Balaban J connectivity index is 2.70. The molecule has 0 spiro atoms. The molecule has 3 nitrogen and oxygen atoms in total. The number of carbonyl (C=O) groups excluding carboxylic acids is 1. The van der Waals surface area contributed by atoms with Gasteiger partial charge in [0.2, 0.25) is 0 Å². The highest BCUT2D eigenvalue weighted by Gasteiger charge is 2.11. The molecule has 1 aromatic rings. The van der Waals surface area contributed by atoms with Crippen LogP contribution in [0.5, 0.6) is 5.75 Å². The minimum absolute atomic E-state index is 0.0937. The van der Waals surface area contributed by atoms with Crippen molar-refractivity contribution in [2.45, 2.75) is 6.92 Å². The quantitative estimate of drug-likeness (QED) is 0.801. The molecule has 1 rings (SSSR count). The van der Waals surface area contributed by atoms with Crippen LogP contribution in [0.4, 0.5) is 4.39 Å². The Morgan fingerprint density at radius 1 is 1.56 bits per heavy atom. The SMILES string of the molecule is CCOC(=O)COc1c(Cl)cc(F)cc1Br. The maximum absolute atomic E-state index is 12.9. The molecule has 0 radical (unpaired) electrons. The predicted molar refractivity (Wildman–Crippen MR) is 61.2 cm³/mol. The Hall–Kier alpha value is -0.810. The maximum Gasteiger partial charge on any atom is 0.344 e. The first kappa shape index (κ1) is 13.3. The Bertz CT molecular complexity index is 375. The van der Waals surface area contributed by atoms with Gasteiger partial charge in [0, 0.05) is 0 Å². The molecule has 1 aromatic carbocycles. The molecule has 0 aliphatic heterocycles. The fourth-order valence-corrected chi connectivity index (χ4v) is 1.92. The predicted octanol–water partition coefficient (Wildman–Crippen LogP) is 3.18. The molecule has 0 bridgehead atoms. The summed E-state index contributed by atoms with van der Waals surface area (Å²) >= 11 is 8.83. The van der Waals surface area contributed by atoms with E-state index in [1.54, 1.807) is 6.92 Å². The number of halogens is 3. The van der Waals surface area contributed by atoms with Crippen LogP contribution in [0.3, 0.4) is 0 Å². The van der Waals surface area contributed by atoms with Gasteiger partial charge in [-0.15, -0.1) is 0 Å². The molecule has 0 amide bonds. The largest absolute Gasteiger partial charge is 0.479 e. The van der Waals surface area contributed by atoms with Crippen LogP contribution >= 0.6 is 27.5 Å². The van der Waals surface area contributed by atoms with Crippen molar-refractivity contribution in [3.8, 4) is 5.75 Å². The number of hydrogen-bond acceptors (Lipinski definition) is 3. The first-order valence-electron chi connectivity index (χ1n) is 4.47. The van der Waals surface area contributed by atoms with Crippen molar-refractivity contribution in [3.63, 3.8) is 0 Å². The van der Waals surface area contributed by atoms with E-state index in [9.17, 15) is 9.18 Å². The summed E-state index contributed by atoms with van der Waals surface area (Å²) in [5, 5.41) is 0.0937. The Labute approximate surface area is 106 Å². The summed E-state index contributed by atoms with van der Waals surface area (Å²) in [5.41, 5.74) is 0. The molecule has 0 aliphatic carbocycles. The van der Waals surface area contributed by atoms with Gasteiger partial charge < -0.3 is 9.47 Å². The molecule has 0 fully saturated rings. The molecule has 0 N–H and O–H groups in total. The van der Waals surface area contributed by atoms with E-state index in [0.717, 1.165) is 6.07 Å². The molecule has 0 aromatic heterocycles. The lowest BCUT2D eigenvalue weighted by atomic mass is 10.3. The highest BCUT2D eigenvalue weighted by atomic mass is 79.9. The smallest absolute Gasteiger partial charge is 0.344 e. The fourth-order valence-electron chi connectivity index (χ4n) is 1.00. The zero-order valence-electron chi connectivity index (χ0n) is 8.43. The van der Waals surface area contributed by atoms with E-state index < -0.39 is 11.8 Å². The molecule has 0 aliphatic rings. The summed E-state index contributed by atoms with van der Waals surface area (Å²) < 4.78 is 23.0. The van der Waals surface area contributed by atoms with Crippen molar-refractivity contribution in [3.05, 3.63) is 27.4 Å². The second-order valence-corrected chi connectivity index (χ2v) is 4.05. The summed E-state index contributed by atoms with van der Waals surface area (Å²) in [4.78, 5) is 11.0. The lowest BCUT2D eigenvalue weighted by Crippen LogP contribution is -2.14. The molecule has 0 saturated carbocycles. The van der Waals surface area contributed by atoms with Crippen LogP contribution in [0.15, 0.2) is 16.6 Å². The topological polar surface area (TPSA) is 35.5 Å². The Kier molecular flexibility index (Phi) is 5.02. The second kappa shape index (κ2) is 6.06. The molecule has 0 unspecified atom stereocenters. The van der Waals surface area contributed by atoms with Gasteiger partial charge >= 0.3 is 5.97 Å². The minimum atomic E-state index is -0.505. The maximum atomic E-state index is 12.9. The molecule has 0 saturated heterocycles. The van der Waals surface area contributed by atoms with E-state index in [0.29, 0.717) is 4.47 Å². The van der Waals surface area contributed by atoms with E-state index in [1.165, 1.54) is 6.07 Å². The van der Waals surface area contributed by atoms with Crippen LogP contribution in [-0.2, 0) is 9.53 Å². The third-order valence-corrected chi connectivity index (χ3v) is 2.47. The standard InChI is InChI=1S/C10H9BrClFO3/c1-2-15-9(14)5-16-10-7(11)3-6(13)4-8(10)12/h3-4H,2,5H2,1H3. The van der Waals surface area contributed by atoms with E-state index in [1.807, 2.05) is 0 Å². The lowest BCUT2D eigenvalue weighted by molar-refractivity contribution is -0.145. The third kappa shape index (κ3) is 3.64. The highest BCUT2D eigenvalue weighted by Crippen LogP contribution is 2.33. The van der Waals surface area contributed by atoms with Gasteiger partial charge in [0.1, 0.15) is 5.82 Å². The Morgan fingerprint density at radius 3 is 2.81 bits per heavy atom. The van der Waals surface area contributed by atoms with Gasteiger partial charge in [-0.05, 0) is 35.0 Å². The van der Waals surface area contributed by atoms with Crippen LogP contribution in [0, 0.1) is 5.82 Å². The van der Waals surface area contributed by atoms with Crippen LogP contribution in [-0.4, -0.2) is 19.2 Å². The van der Waals surface area contributed by atoms with E-state index in [2.05, 4.69) is 20.7 Å². The van der Waals surface area contributed by atoms with Gasteiger partial charge in [-0.2, -0.15) is 0 Å². The van der Waals surface area contributed by atoms with Crippen molar-refractivity contribution in [1.82, 2.24) is 0 Å². The molecule has 88 valence electrons. The van der Waals surface area contributed by atoms with Gasteiger partial charge in [0.25, 0.3) is 0 Å². The molecule has 16 heavy (non-hydrogen) atoms. The van der Waals surface area contributed by atoms with Crippen molar-refractivity contribution in [2.24, 2.45) is 0 Å². The highest BCUT2D eigenvalue weighted by molar-refractivity contribution is 9.10. The van der Waals surface area contributed by atoms with Gasteiger partial charge in [-0.1, -0.05) is 11.6 Å². The summed E-state index contributed by atoms with van der Waals surface area (Å²) in [6, 6.07) is 2.30. The third-order valence-electron chi connectivity index (χ3n) is 1.60. The fraction of sp³-hybridized carbons (Fsp3) is 0.300. The van der Waals surface area contributed by atoms with Gasteiger partial charge in [0.05, 0.1) is 16.1 Å². The van der Waals surface area contributed by atoms with Crippen molar-refractivity contribution in [2.75, 3.05) is 13.2 Å². The minimum Gasteiger partial charge on any atom is -0.479 e. The number of benzene rings is 1. The van der Waals surface area contributed by atoms with E-state index in [4.69, 9.17) is 16.3 Å². The zero-order chi connectivity index (χ0) is 12.1. The molecule has 0 atom stereocenters. The average Bonchev–Trinajstić information content (AvgIpc) is 2.16. The Morgan fingerprint density at radius 2 is 2.25 bits per heavy atom. The zero-order valence-corrected chi connectivity index (χ0v) is 10.8. The molecule has 0 heterocycles. The molecular weight excluding hydrogens is 302 g/mol. The molecule has 6 heteroatoms. The number of hydrogen-bond donors (Lipinski definition) is 0. The van der Waals surface area contributed by atoms with Crippen LogP contribution in [0.1, 0.15) is 6.92 Å². The number of esters is 1. The van der Waals surface area contributed by atoms with Gasteiger partial charge in [-0.3, -0.25) is 0 Å². The van der Waals surface area contributed by atoms with Crippen molar-refractivity contribution >= 4 is 33.5 Å². The van der Waals surface area contributed by atoms with E-state index in [-0.39, 0.29) is 24.0 Å². The van der Waals surface area contributed by atoms with Gasteiger partial charge in [-0.25, -0.2) is 9.18 Å². The molecular formula is C10H9BrClFO3. The summed E-state index contributed by atoms with van der Waals surface area (Å²) in [7, 11) is 0. The first-order chi connectivity index (χ1) is 7.54. The van der Waals surface area contributed by atoms with Gasteiger partial charge in [0.15, 0.2) is 12.4 Å². The van der Waals surface area contributed by atoms with Crippen molar-refractivity contribution in [1.29, 1.82) is 0 Å². The van der Waals surface area contributed by atoms with E-state index >= 15 is 0 Å². The average molecular weight is 312 g/mol. The second-order valence-electron chi connectivity index (χ2n) is 2.79. The van der Waals surface area contributed by atoms with Crippen LogP contribution in [0.25, 0.3) is 0 Å². The van der Waals surface area contributed by atoms with Crippen LogP contribution in [0.2, 0.25) is 5.02 Å². The lowest BCUT2D eigenvalue weighted by Gasteiger charge is -2.09. The summed E-state index contributed by atoms with van der Waals surface area (Å²) in [6.07, 6.45) is 0. The van der Waals surface area contributed by atoms with Crippen LogP contribution < -0.4 is 4.74 Å². The number of ether oxygens (including phenoxy) is 2. The summed E-state index contributed by atoms with van der Waals surface area (Å²) in [6.45, 7) is 1.71. The number of rotatable bonds is 4.